The van der Waals surface area contributed by atoms with Gasteiger partial charge in [0.25, 0.3) is 0 Å². The number of rotatable bonds is 3. The highest BCUT2D eigenvalue weighted by Gasteiger charge is 2.11. The van der Waals surface area contributed by atoms with E-state index >= 15 is 0 Å². The van der Waals surface area contributed by atoms with Crippen molar-refractivity contribution in [2.75, 3.05) is 0 Å². The molecule has 2 aromatic rings. The summed E-state index contributed by atoms with van der Waals surface area (Å²) in [5.41, 5.74) is 1.83. The minimum Gasteiger partial charge on any atom is -0.343 e. The topological polar surface area (TPSA) is 22.0 Å². The summed E-state index contributed by atoms with van der Waals surface area (Å²) < 4.78 is 3.02. The molecule has 1 heterocycles. The van der Waals surface area contributed by atoms with E-state index in [2.05, 4.69) is 22.5 Å². The van der Waals surface area contributed by atoms with Crippen molar-refractivity contribution in [2.24, 2.45) is 0 Å². The van der Waals surface area contributed by atoms with Crippen LogP contribution in [-0.2, 0) is 6.54 Å². The molecular formula is C13H12BrNO. The number of carbonyl (C=O) groups is 1. The summed E-state index contributed by atoms with van der Waals surface area (Å²) in [7, 11) is 0. The number of Topliss-reactive ketones (excluding diaryl/α,β-unsaturated/α-hetero) is 1. The summed E-state index contributed by atoms with van der Waals surface area (Å²) >= 11 is 3.42. The van der Waals surface area contributed by atoms with Crippen LogP contribution >= 0.6 is 15.9 Å². The molecule has 0 atom stereocenters. The summed E-state index contributed by atoms with van der Waals surface area (Å²) in [4.78, 5) is 11.5. The van der Waals surface area contributed by atoms with Gasteiger partial charge in [-0.2, -0.15) is 0 Å². The molecule has 1 aromatic heterocycles. The third-order valence-corrected chi connectivity index (χ3v) is 3.04. The van der Waals surface area contributed by atoms with Crippen LogP contribution < -0.4 is 0 Å². The molecule has 0 N–H and O–H groups in total. The third kappa shape index (κ3) is 1.83. The maximum atomic E-state index is 11.5. The summed E-state index contributed by atoms with van der Waals surface area (Å²) in [6.45, 7) is 6.02. The zero-order valence-electron chi connectivity index (χ0n) is 9.03. The summed E-state index contributed by atoms with van der Waals surface area (Å²) in [6.07, 6.45) is 3.71. The first-order chi connectivity index (χ1) is 7.63. The second-order valence-electron chi connectivity index (χ2n) is 3.70. The molecule has 0 unspecified atom stereocenters. The first-order valence-corrected chi connectivity index (χ1v) is 5.83. The number of allylic oxidation sites excluding steroid dienone is 1. The van der Waals surface area contributed by atoms with E-state index in [1.165, 1.54) is 0 Å². The molecule has 0 aliphatic carbocycles. The Morgan fingerprint density at radius 3 is 2.94 bits per heavy atom. The number of hydrogen-bond acceptors (Lipinski definition) is 1. The Labute approximate surface area is 103 Å². The van der Waals surface area contributed by atoms with E-state index in [1.54, 1.807) is 6.92 Å². The Morgan fingerprint density at radius 1 is 1.56 bits per heavy atom. The number of ketones is 1. The van der Waals surface area contributed by atoms with Crippen LogP contribution in [0.15, 0.2) is 41.5 Å². The molecule has 0 radical (unpaired) electrons. The molecular weight excluding hydrogens is 266 g/mol. The van der Waals surface area contributed by atoms with Crippen molar-refractivity contribution in [1.82, 2.24) is 4.57 Å². The van der Waals surface area contributed by atoms with Crippen LogP contribution in [0.25, 0.3) is 10.9 Å². The zero-order chi connectivity index (χ0) is 11.7. The van der Waals surface area contributed by atoms with Gasteiger partial charge in [0.15, 0.2) is 5.78 Å². The van der Waals surface area contributed by atoms with E-state index < -0.39 is 0 Å². The average molecular weight is 278 g/mol. The molecule has 2 nitrogen and oxygen atoms in total. The molecule has 82 valence electrons. The van der Waals surface area contributed by atoms with E-state index in [0.29, 0.717) is 6.54 Å². The van der Waals surface area contributed by atoms with Gasteiger partial charge in [0, 0.05) is 33.7 Å². The average Bonchev–Trinajstić information content (AvgIpc) is 2.57. The van der Waals surface area contributed by atoms with Gasteiger partial charge in [-0.05, 0) is 25.1 Å². The van der Waals surface area contributed by atoms with Crippen LogP contribution in [-0.4, -0.2) is 10.4 Å². The molecule has 0 aliphatic heterocycles. The molecule has 0 amide bonds. The predicted molar refractivity (Wildman–Crippen MR) is 69.8 cm³/mol. The van der Waals surface area contributed by atoms with Gasteiger partial charge in [-0.15, -0.1) is 6.58 Å². The molecule has 2 rings (SSSR count). The van der Waals surface area contributed by atoms with Crippen molar-refractivity contribution in [1.29, 1.82) is 0 Å². The number of aromatic nitrogens is 1. The molecule has 0 saturated heterocycles. The molecule has 0 spiro atoms. The van der Waals surface area contributed by atoms with Gasteiger partial charge in [-0.1, -0.05) is 22.0 Å². The lowest BCUT2D eigenvalue weighted by atomic mass is 10.1. The van der Waals surface area contributed by atoms with Crippen molar-refractivity contribution < 1.29 is 4.79 Å². The lowest BCUT2D eigenvalue weighted by Crippen LogP contribution is -1.92. The molecule has 0 saturated carbocycles. The lowest BCUT2D eigenvalue weighted by molar-refractivity contribution is 0.101. The number of carbonyl (C=O) groups excluding carboxylic acids is 1. The maximum Gasteiger partial charge on any atom is 0.161 e. The van der Waals surface area contributed by atoms with Crippen molar-refractivity contribution in [3.05, 3.63) is 47.1 Å². The van der Waals surface area contributed by atoms with Crippen LogP contribution in [0.3, 0.4) is 0 Å². The van der Waals surface area contributed by atoms with E-state index in [4.69, 9.17) is 0 Å². The number of benzene rings is 1. The molecule has 3 heteroatoms. The second-order valence-corrected chi connectivity index (χ2v) is 4.62. The Kier molecular flexibility index (Phi) is 2.97. The van der Waals surface area contributed by atoms with Crippen molar-refractivity contribution in [2.45, 2.75) is 13.5 Å². The summed E-state index contributed by atoms with van der Waals surface area (Å²) in [5.74, 6) is 0.0888. The van der Waals surface area contributed by atoms with E-state index in [0.717, 1.165) is 20.9 Å². The molecule has 1 aromatic carbocycles. The highest BCUT2D eigenvalue weighted by atomic mass is 79.9. The number of halogens is 1. The van der Waals surface area contributed by atoms with Crippen LogP contribution in [0, 0.1) is 0 Å². The minimum absolute atomic E-state index is 0.0888. The van der Waals surface area contributed by atoms with Crippen LogP contribution in [0.2, 0.25) is 0 Å². The SMILES string of the molecule is C=CCn1cc(C(C)=O)c2cc(Br)ccc21. The Bertz CT molecular complexity index is 569. The van der Waals surface area contributed by atoms with Crippen LogP contribution in [0.1, 0.15) is 17.3 Å². The Hall–Kier alpha value is -1.35. The Balaban J connectivity index is 2.75. The van der Waals surface area contributed by atoms with Gasteiger partial charge in [-0.3, -0.25) is 4.79 Å². The maximum absolute atomic E-state index is 11.5. The minimum atomic E-state index is 0.0888. The fourth-order valence-corrected chi connectivity index (χ4v) is 2.20. The zero-order valence-corrected chi connectivity index (χ0v) is 10.6. The monoisotopic (exact) mass is 277 g/mol. The van der Waals surface area contributed by atoms with Crippen LogP contribution in [0.4, 0.5) is 0 Å². The normalized spacial score (nSPS) is 10.6. The van der Waals surface area contributed by atoms with Gasteiger partial charge >= 0.3 is 0 Å². The number of fused-ring (bicyclic) bond motifs is 1. The lowest BCUT2D eigenvalue weighted by Gasteiger charge is -2.00. The standard InChI is InChI=1S/C13H12BrNO/c1-3-6-15-8-12(9(2)16)11-7-10(14)4-5-13(11)15/h3-5,7-8H,1,6H2,2H3. The quantitative estimate of drug-likeness (QED) is 0.618. The highest BCUT2D eigenvalue weighted by molar-refractivity contribution is 9.10. The Morgan fingerprint density at radius 2 is 2.31 bits per heavy atom. The van der Waals surface area contributed by atoms with Crippen LogP contribution in [0.5, 0.6) is 0 Å². The van der Waals surface area contributed by atoms with Gasteiger partial charge in [0.05, 0.1) is 0 Å². The molecule has 0 aliphatic rings. The molecule has 0 fully saturated rings. The molecule has 16 heavy (non-hydrogen) atoms. The summed E-state index contributed by atoms with van der Waals surface area (Å²) in [5, 5.41) is 0.990. The number of hydrogen-bond donors (Lipinski definition) is 0. The van der Waals surface area contributed by atoms with Crippen molar-refractivity contribution in [3.63, 3.8) is 0 Å². The number of nitrogens with zero attached hydrogens (tertiary/aromatic N) is 1. The van der Waals surface area contributed by atoms with Gasteiger partial charge in [0.2, 0.25) is 0 Å². The van der Waals surface area contributed by atoms with Gasteiger partial charge in [0.1, 0.15) is 0 Å². The largest absolute Gasteiger partial charge is 0.343 e. The predicted octanol–water partition coefficient (Wildman–Crippen LogP) is 3.79. The van der Waals surface area contributed by atoms with E-state index in [9.17, 15) is 4.79 Å². The highest BCUT2D eigenvalue weighted by Crippen LogP contribution is 2.25. The van der Waals surface area contributed by atoms with E-state index in [-0.39, 0.29) is 5.78 Å². The third-order valence-electron chi connectivity index (χ3n) is 2.55. The molecule has 0 bridgehead atoms. The first-order valence-electron chi connectivity index (χ1n) is 5.03. The van der Waals surface area contributed by atoms with Gasteiger partial charge in [-0.25, -0.2) is 0 Å². The fraction of sp³-hybridized carbons (Fsp3) is 0.154. The summed E-state index contributed by atoms with van der Waals surface area (Å²) in [6, 6.07) is 5.97. The van der Waals surface area contributed by atoms with Crippen molar-refractivity contribution >= 4 is 32.6 Å². The van der Waals surface area contributed by atoms with E-state index in [1.807, 2.05) is 35.0 Å². The fourth-order valence-electron chi connectivity index (χ4n) is 1.84. The first kappa shape index (κ1) is 11.1. The van der Waals surface area contributed by atoms with Gasteiger partial charge < -0.3 is 4.57 Å². The van der Waals surface area contributed by atoms with Crippen molar-refractivity contribution in [3.8, 4) is 0 Å². The smallest absolute Gasteiger partial charge is 0.161 e. The second kappa shape index (κ2) is 4.26.